The highest BCUT2D eigenvalue weighted by Gasteiger charge is 2.39. The van der Waals surface area contributed by atoms with E-state index < -0.39 is 40.1 Å². The van der Waals surface area contributed by atoms with Crippen molar-refractivity contribution in [3.8, 4) is 5.69 Å². The lowest BCUT2D eigenvalue weighted by molar-refractivity contribution is -0.142. The molecule has 0 amide bonds. The van der Waals surface area contributed by atoms with Crippen LogP contribution in [0.3, 0.4) is 0 Å². The molecule has 0 radical (unpaired) electrons. The smallest absolute Gasteiger partial charge is 0.343 e. The molecule has 1 saturated heterocycles. The third-order valence-corrected chi connectivity index (χ3v) is 7.15. The fraction of sp³-hybridized carbons (Fsp3) is 0.370. The van der Waals surface area contributed by atoms with Gasteiger partial charge in [0.2, 0.25) is 5.43 Å². The first-order valence-electron chi connectivity index (χ1n) is 12.2. The van der Waals surface area contributed by atoms with Gasteiger partial charge in [0.1, 0.15) is 23.8 Å². The van der Waals surface area contributed by atoms with Crippen LogP contribution in [0, 0.1) is 17.6 Å². The third-order valence-electron chi connectivity index (χ3n) is 6.79. The standard InChI is InChI=1S/C27H29ClF2N4O5/c1-5-38-26(37)17-11-34(21-8-20(31)18(29)6-14(21)12-39-13(2)35)23-16(25(17)36)7-19(30)24(22(23)28)33-9-15(10-33)27(3,4)32/h6-8,11,15H,5,9-10,12,31-32H2,1-4H3. The molecule has 0 saturated carbocycles. The van der Waals surface area contributed by atoms with Gasteiger partial charge in [0.05, 0.1) is 39.6 Å². The number of esters is 2. The van der Waals surface area contributed by atoms with E-state index in [1.165, 1.54) is 23.8 Å². The molecule has 2 heterocycles. The zero-order valence-electron chi connectivity index (χ0n) is 21.9. The summed E-state index contributed by atoms with van der Waals surface area (Å²) in [5.74, 6) is -3.02. The Morgan fingerprint density at radius 3 is 2.41 bits per heavy atom. The predicted molar refractivity (Wildman–Crippen MR) is 144 cm³/mol. The second kappa shape index (κ2) is 10.5. The van der Waals surface area contributed by atoms with Crippen molar-refractivity contribution in [1.29, 1.82) is 0 Å². The van der Waals surface area contributed by atoms with E-state index >= 15 is 4.39 Å². The average molecular weight is 563 g/mol. The average Bonchev–Trinajstić information content (AvgIpc) is 2.80. The van der Waals surface area contributed by atoms with Crippen molar-refractivity contribution in [2.45, 2.75) is 39.8 Å². The molecule has 0 bridgehead atoms. The van der Waals surface area contributed by atoms with Gasteiger partial charge in [-0.25, -0.2) is 13.6 Å². The molecule has 4 N–H and O–H groups in total. The molecule has 1 aliphatic heterocycles. The molecule has 0 unspecified atom stereocenters. The van der Waals surface area contributed by atoms with Crippen molar-refractivity contribution in [3.63, 3.8) is 0 Å². The van der Waals surface area contributed by atoms with Crippen LogP contribution in [-0.2, 0) is 20.9 Å². The van der Waals surface area contributed by atoms with Crippen molar-refractivity contribution >= 4 is 45.8 Å². The Bertz CT molecular complexity index is 1540. The van der Waals surface area contributed by atoms with Crippen LogP contribution in [0.4, 0.5) is 20.2 Å². The van der Waals surface area contributed by atoms with Gasteiger partial charge in [0.25, 0.3) is 0 Å². The van der Waals surface area contributed by atoms with Gasteiger partial charge in [-0.15, -0.1) is 0 Å². The number of ether oxygens (including phenoxy) is 2. The Morgan fingerprint density at radius 2 is 1.82 bits per heavy atom. The SMILES string of the molecule is CCOC(=O)c1cn(-c2cc(N)c(F)cc2COC(C)=O)c2c(Cl)c(N3CC(C(C)(C)N)C3)c(F)cc2c1=O. The van der Waals surface area contributed by atoms with E-state index in [1.54, 1.807) is 11.8 Å². The highest BCUT2D eigenvalue weighted by molar-refractivity contribution is 6.38. The van der Waals surface area contributed by atoms with E-state index in [2.05, 4.69) is 0 Å². The van der Waals surface area contributed by atoms with E-state index in [0.717, 1.165) is 12.1 Å². The number of benzene rings is 2. The van der Waals surface area contributed by atoms with Crippen LogP contribution in [0.25, 0.3) is 16.6 Å². The minimum absolute atomic E-state index is 0.0147. The number of hydrogen-bond acceptors (Lipinski definition) is 8. The second-order valence-electron chi connectivity index (χ2n) is 10.1. The number of halogens is 3. The molecule has 0 aliphatic carbocycles. The van der Waals surface area contributed by atoms with Crippen molar-refractivity contribution < 1.29 is 27.8 Å². The fourth-order valence-electron chi connectivity index (χ4n) is 4.51. The number of anilines is 2. The van der Waals surface area contributed by atoms with Crippen molar-refractivity contribution in [3.05, 3.63) is 62.4 Å². The van der Waals surface area contributed by atoms with Crippen LogP contribution < -0.4 is 21.8 Å². The van der Waals surface area contributed by atoms with Crippen LogP contribution in [0.15, 0.2) is 29.2 Å². The third kappa shape index (κ3) is 5.28. The molecule has 1 aliphatic rings. The molecule has 0 atom stereocenters. The van der Waals surface area contributed by atoms with Crippen LogP contribution in [-0.4, -0.2) is 41.7 Å². The molecule has 3 aromatic rings. The van der Waals surface area contributed by atoms with Gasteiger partial charge in [-0.2, -0.15) is 0 Å². The van der Waals surface area contributed by atoms with Gasteiger partial charge in [-0.3, -0.25) is 9.59 Å². The second-order valence-corrected chi connectivity index (χ2v) is 10.5. The summed E-state index contributed by atoms with van der Waals surface area (Å²) in [6.45, 7) is 7.01. The summed E-state index contributed by atoms with van der Waals surface area (Å²) < 4.78 is 41.5. The molecule has 0 spiro atoms. The molecular weight excluding hydrogens is 534 g/mol. The number of carbonyl (C=O) groups is 2. The predicted octanol–water partition coefficient (Wildman–Crippen LogP) is 3.92. The Kier molecular flexibility index (Phi) is 7.59. The minimum Gasteiger partial charge on any atom is -0.462 e. The van der Waals surface area contributed by atoms with Gasteiger partial charge in [-0.1, -0.05) is 11.6 Å². The van der Waals surface area contributed by atoms with Gasteiger partial charge in [0.15, 0.2) is 0 Å². The quantitative estimate of drug-likeness (QED) is 0.327. The highest BCUT2D eigenvalue weighted by Crippen LogP contribution is 2.41. The Morgan fingerprint density at radius 1 is 1.15 bits per heavy atom. The molecule has 1 aromatic heterocycles. The molecule has 2 aromatic carbocycles. The van der Waals surface area contributed by atoms with Gasteiger partial charge in [0, 0.05) is 43.2 Å². The molecule has 208 valence electrons. The van der Waals surface area contributed by atoms with E-state index in [0.29, 0.717) is 13.1 Å². The fourth-order valence-corrected chi connectivity index (χ4v) is 4.91. The molecule has 1 fully saturated rings. The Balaban J connectivity index is 2.03. The number of nitrogens with two attached hydrogens (primary N) is 2. The van der Waals surface area contributed by atoms with Crippen LogP contribution in [0.2, 0.25) is 5.02 Å². The maximum absolute atomic E-state index is 15.5. The van der Waals surface area contributed by atoms with E-state index in [1.807, 2.05) is 13.8 Å². The van der Waals surface area contributed by atoms with Gasteiger partial charge in [-0.05, 0) is 39.0 Å². The maximum Gasteiger partial charge on any atom is 0.343 e. The first kappa shape index (κ1) is 28.3. The molecule has 12 heteroatoms. The molecule has 4 rings (SSSR count). The number of nitrogen functional groups attached to an aromatic ring is 1. The van der Waals surface area contributed by atoms with Gasteiger partial charge >= 0.3 is 11.9 Å². The number of aromatic nitrogens is 1. The number of pyridine rings is 1. The number of hydrogen-bond donors (Lipinski definition) is 2. The summed E-state index contributed by atoms with van der Waals surface area (Å²) >= 11 is 6.81. The lowest BCUT2D eigenvalue weighted by Crippen LogP contribution is -2.59. The van der Waals surface area contributed by atoms with Gasteiger partial charge < -0.3 is 30.4 Å². The highest BCUT2D eigenvalue weighted by atomic mass is 35.5. The lowest BCUT2D eigenvalue weighted by atomic mass is 9.82. The van der Waals surface area contributed by atoms with Crippen molar-refractivity contribution in [2.24, 2.45) is 11.7 Å². The summed E-state index contributed by atoms with van der Waals surface area (Å²) in [4.78, 5) is 39.3. The maximum atomic E-state index is 15.5. The zero-order chi connectivity index (χ0) is 28.8. The summed E-state index contributed by atoms with van der Waals surface area (Å²) in [5, 5.41) is -0.309. The number of carbonyl (C=O) groups excluding carboxylic acids is 2. The number of fused-ring (bicyclic) bond motifs is 1. The molecule has 39 heavy (non-hydrogen) atoms. The molecular formula is C27H29ClF2N4O5. The summed E-state index contributed by atoms with van der Waals surface area (Å²) in [6, 6.07) is 3.34. The number of rotatable bonds is 7. The van der Waals surface area contributed by atoms with E-state index in [-0.39, 0.29) is 57.7 Å². The monoisotopic (exact) mass is 562 g/mol. The van der Waals surface area contributed by atoms with Crippen LogP contribution in [0.1, 0.15) is 43.6 Å². The summed E-state index contributed by atoms with van der Waals surface area (Å²) in [6.07, 6.45) is 1.18. The van der Waals surface area contributed by atoms with Crippen LogP contribution >= 0.6 is 11.6 Å². The van der Waals surface area contributed by atoms with E-state index in [9.17, 15) is 18.8 Å². The zero-order valence-corrected chi connectivity index (χ0v) is 22.7. The van der Waals surface area contributed by atoms with Crippen molar-refractivity contribution in [1.82, 2.24) is 4.57 Å². The first-order valence-corrected chi connectivity index (χ1v) is 12.6. The van der Waals surface area contributed by atoms with Crippen LogP contribution in [0.5, 0.6) is 0 Å². The Labute approximate surface area is 228 Å². The summed E-state index contributed by atoms with van der Waals surface area (Å²) in [7, 11) is 0. The van der Waals surface area contributed by atoms with Crippen molar-refractivity contribution in [2.75, 3.05) is 30.3 Å². The normalized spacial score (nSPS) is 13.9. The largest absolute Gasteiger partial charge is 0.462 e. The first-order chi connectivity index (χ1) is 18.2. The molecule has 9 nitrogen and oxygen atoms in total. The summed E-state index contributed by atoms with van der Waals surface area (Å²) in [5.41, 5.74) is 10.6. The van der Waals surface area contributed by atoms with E-state index in [4.69, 9.17) is 32.5 Å². The Hall–Kier alpha value is -3.70. The number of nitrogens with zero attached hydrogens (tertiary/aromatic N) is 2. The lowest BCUT2D eigenvalue weighted by Gasteiger charge is -2.47. The topological polar surface area (TPSA) is 130 Å². The minimum atomic E-state index is -0.939.